The maximum absolute atomic E-state index is 12.0. The third-order valence-electron chi connectivity index (χ3n) is 2.58. The van der Waals surface area contributed by atoms with Crippen molar-refractivity contribution in [3.8, 4) is 5.75 Å². The number of rotatable bonds is 3. The maximum Gasteiger partial charge on any atom is 0.573 e. The molecule has 1 aliphatic carbocycles. The average Bonchev–Trinajstić information content (AvgIpc) is 2.86. The maximum atomic E-state index is 12.0. The van der Waals surface area contributed by atoms with Crippen molar-refractivity contribution in [3.05, 3.63) is 28.8 Å². The van der Waals surface area contributed by atoms with Gasteiger partial charge in [-0.15, -0.1) is 13.2 Å². The molecular formula is C11H10ClF3O2. The van der Waals surface area contributed by atoms with E-state index in [1.54, 1.807) is 0 Å². The highest BCUT2D eigenvalue weighted by Gasteiger charge is 2.40. The molecule has 17 heavy (non-hydrogen) atoms. The van der Waals surface area contributed by atoms with Gasteiger partial charge >= 0.3 is 6.36 Å². The first-order chi connectivity index (χ1) is 7.77. The van der Waals surface area contributed by atoms with Crippen molar-refractivity contribution in [2.45, 2.75) is 31.2 Å². The fourth-order valence-corrected chi connectivity index (χ4v) is 1.80. The summed E-state index contributed by atoms with van der Waals surface area (Å²) in [6, 6.07) is 4.03. The molecule has 0 saturated heterocycles. The first-order valence-corrected chi connectivity index (χ1v) is 5.42. The molecule has 6 heteroatoms. The highest BCUT2D eigenvalue weighted by Crippen LogP contribution is 2.39. The van der Waals surface area contributed by atoms with Crippen molar-refractivity contribution in [1.82, 2.24) is 0 Å². The number of ether oxygens (including phenoxy) is 1. The Morgan fingerprint density at radius 1 is 1.35 bits per heavy atom. The van der Waals surface area contributed by atoms with Crippen LogP contribution in [0.1, 0.15) is 18.4 Å². The summed E-state index contributed by atoms with van der Waals surface area (Å²) < 4.78 is 39.7. The monoisotopic (exact) mass is 266 g/mol. The highest BCUT2D eigenvalue weighted by atomic mass is 35.5. The molecule has 0 amide bonds. The van der Waals surface area contributed by atoms with Crippen LogP contribution in [0.15, 0.2) is 18.2 Å². The molecule has 1 aromatic rings. The number of benzene rings is 1. The Morgan fingerprint density at radius 3 is 2.47 bits per heavy atom. The predicted molar refractivity (Wildman–Crippen MR) is 56.0 cm³/mol. The minimum atomic E-state index is -4.75. The van der Waals surface area contributed by atoms with Crippen molar-refractivity contribution in [1.29, 1.82) is 0 Å². The number of alkyl halides is 3. The van der Waals surface area contributed by atoms with Crippen molar-refractivity contribution in [2.75, 3.05) is 0 Å². The standard InChI is InChI=1S/C11H10ClF3O2/c12-8-5-7(6-10(16)3-4-10)1-2-9(8)17-11(13,14)15/h1-2,5,16H,3-4,6H2. The van der Waals surface area contributed by atoms with E-state index in [1.165, 1.54) is 12.1 Å². The lowest BCUT2D eigenvalue weighted by molar-refractivity contribution is -0.274. The summed E-state index contributed by atoms with van der Waals surface area (Å²) in [4.78, 5) is 0. The van der Waals surface area contributed by atoms with Gasteiger partial charge < -0.3 is 9.84 Å². The molecular weight excluding hydrogens is 257 g/mol. The Bertz CT molecular complexity index is 427. The molecule has 0 unspecified atom stereocenters. The topological polar surface area (TPSA) is 29.5 Å². The minimum Gasteiger partial charge on any atom is -0.404 e. The van der Waals surface area contributed by atoms with Crippen LogP contribution >= 0.6 is 11.6 Å². The molecule has 0 aromatic heterocycles. The third kappa shape index (κ3) is 3.51. The van der Waals surface area contributed by atoms with E-state index in [0.717, 1.165) is 6.07 Å². The summed E-state index contributed by atoms with van der Waals surface area (Å²) in [6.07, 6.45) is -2.92. The van der Waals surface area contributed by atoms with Crippen LogP contribution < -0.4 is 4.74 Å². The molecule has 94 valence electrons. The van der Waals surface area contributed by atoms with Crippen molar-refractivity contribution < 1.29 is 23.0 Å². The molecule has 1 N–H and O–H groups in total. The summed E-state index contributed by atoms with van der Waals surface area (Å²) in [5.41, 5.74) is -0.0000469. The Balaban J connectivity index is 2.11. The van der Waals surface area contributed by atoms with Gasteiger partial charge in [-0.3, -0.25) is 0 Å². The number of hydrogen-bond donors (Lipinski definition) is 1. The summed E-state index contributed by atoms with van der Waals surface area (Å²) in [5, 5.41) is 9.57. The average molecular weight is 267 g/mol. The van der Waals surface area contributed by atoms with E-state index in [-0.39, 0.29) is 5.02 Å². The lowest BCUT2D eigenvalue weighted by Crippen LogP contribution is -2.17. The Morgan fingerprint density at radius 2 is 2.00 bits per heavy atom. The first kappa shape index (κ1) is 12.5. The highest BCUT2D eigenvalue weighted by molar-refractivity contribution is 6.32. The van der Waals surface area contributed by atoms with Gasteiger partial charge in [0.25, 0.3) is 0 Å². The Labute approximate surface area is 101 Å². The van der Waals surface area contributed by atoms with Crippen molar-refractivity contribution in [3.63, 3.8) is 0 Å². The van der Waals surface area contributed by atoms with Gasteiger partial charge in [0.15, 0.2) is 0 Å². The van der Waals surface area contributed by atoms with Crippen LogP contribution in [0.4, 0.5) is 13.2 Å². The van der Waals surface area contributed by atoms with Gasteiger partial charge in [-0.2, -0.15) is 0 Å². The van der Waals surface area contributed by atoms with E-state index in [9.17, 15) is 18.3 Å². The number of hydrogen-bond acceptors (Lipinski definition) is 2. The van der Waals surface area contributed by atoms with Gasteiger partial charge in [-0.1, -0.05) is 17.7 Å². The van der Waals surface area contributed by atoms with Crippen LogP contribution in [0.3, 0.4) is 0 Å². The van der Waals surface area contributed by atoms with Gasteiger partial charge in [0, 0.05) is 6.42 Å². The summed E-state index contributed by atoms with van der Waals surface area (Å²) in [5.74, 6) is -0.425. The third-order valence-corrected chi connectivity index (χ3v) is 2.88. The quantitative estimate of drug-likeness (QED) is 0.909. The van der Waals surface area contributed by atoms with Crippen molar-refractivity contribution >= 4 is 11.6 Å². The molecule has 0 spiro atoms. The van der Waals surface area contributed by atoms with E-state index in [1.807, 2.05) is 0 Å². The zero-order valence-electron chi connectivity index (χ0n) is 8.72. The van der Waals surface area contributed by atoms with E-state index in [2.05, 4.69) is 4.74 Å². The normalized spacial score (nSPS) is 17.9. The molecule has 1 aliphatic rings. The van der Waals surface area contributed by atoms with Crippen LogP contribution in [0.5, 0.6) is 5.75 Å². The SMILES string of the molecule is OC1(Cc2ccc(OC(F)(F)F)c(Cl)c2)CC1. The van der Waals surface area contributed by atoms with E-state index in [0.29, 0.717) is 24.8 Å². The van der Waals surface area contributed by atoms with Gasteiger partial charge in [0.05, 0.1) is 10.6 Å². The van der Waals surface area contributed by atoms with Crippen LogP contribution in [0, 0.1) is 0 Å². The molecule has 1 fully saturated rings. The van der Waals surface area contributed by atoms with Gasteiger partial charge in [-0.25, -0.2) is 0 Å². The first-order valence-electron chi connectivity index (χ1n) is 5.04. The molecule has 0 atom stereocenters. The second-order valence-electron chi connectivity index (χ2n) is 4.21. The zero-order chi connectivity index (χ0) is 12.7. The van der Waals surface area contributed by atoms with E-state index < -0.39 is 17.7 Å². The molecule has 2 rings (SSSR count). The zero-order valence-corrected chi connectivity index (χ0v) is 9.48. The van der Waals surface area contributed by atoms with Crippen LogP contribution in [-0.2, 0) is 6.42 Å². The number of halogens is 4. The summed E-state index contributed by atoms with van der Waals surface area (Å²) in [7, 11) is 0. The lowest BCUT2D eigenvalue weighted by Gasteiger charge is -2.12. The minimum absolute atomic E-state index is 0.107. The summed E-state index contributed by atoms with van der Waals surface area (Å²) >= 11 is 5.68. The predicted octanol–water partition coefficient (Wildman–Crippen LogP) is 3.31. The molecule has 0 radical (unpaired) electrons. The molecule has 1 saturated carbocycles. The van der Waals surface area contributed by atoms with Gasteiger partial charge in [-0.05, 0) is 30.5 Å². The smallest absolute Gasteiger partial charge is 0.404 e. The Kier molecular flexibility index (Phi) is 2.99. The summed E-state index contributed by atoms with van der Waals surface area (Å²) in [6.45, 7) is 0. The van der Waals surface area contributed by atoms with Crippen molar-refractivity contribution in [2.24, 2.45) is 0 Å². The van der Waals surface area contributed by atoms with Crippen LogP contribution in [-0.4, -0.2) is 17.1 Å². The largest absolute Gasteiger partial charge is 0.573 e. The van der Waals surface area contributed by atoms with Gasteiger partial charge in [0.1, 0.15) is 5.75 Å². The fourth-order valence-electron chi connectivity index (χ4n) is 1.56. The Hall–Kier alpha value is -0.940. The molecule has 1 aromatic carbocycles. The molecule has 0 heterocycles. The van der Waals surface area contributed by atoms with E-state index in [4.69, 9.17) is 11.6 Å². The second kappa shape index (κ2) is 4.07. The lowest BCUT2D eigenvalue weighted by atomic mass is 10.1. The van der Waals surface area contributed by atoms with Gasteiger partial charge in [0.2, 0.25) is 0 Å². The molecule has 2 nitrogen and oxygen atoms in total. The fraction of sp³-hybridized carbons (Fsp3) is 0.455. The van der Waals surface area contributed by atoms with Crippen LogP contribution in [0.25, 0.3) is 0 Å². The second-order valence-corrected chi connectivity index (χ2v) is 4.62. The molecule has 0 aliphatic heterocycles. The van der Waals surface area contributed by atoms with E-state index >= 15 is 0 Å². The molecule has 0 bridgehead atoms. The van der Waals surface area contributed by atoms with Crippen LogP contribution in [0.2, 0.25) is 5.02 Å². The number of aliphatic hydroxyl groups is 1.